The van der Waals surface area contributed by atoms with E-state index in [0.29, 0.717) is 5.56 Å². The van der Waals surface area contributed by atoms with Gasteiger partial charge in [-0.15, -0.1) is 0 Å². The molecular weight excluding hydrogens is 332 g/mol. The molecule has 1 rings (SSSR count). The monoisotopic (exact) mass is 352 g/mol. The van der Waals surface area contributed by atoms with Crippen molar-refractivity contribution in [2.45, 2.75) is 25.8 Å². The number of nitrogens with one attached hydrogen (secondary N) is 1. The zero-order chi connectivity index (χ0) is 19.0. The fraction of sp³-hybridized carbons (Fsp3) is 0.438. The van der Waals surface area contributed by atoms with Crippen molar-refractivity contribution >= 4 is 23.5 Å². The molecule has 0 saturated heterocycles. The molecule has 0 fully saturated rings. The van der Waals surface area contributed by atoms with Crippen LogP contribution in [0.4, 0.5) is 5.69 Å². The molecule has 1 amide bonds. The predicted molar refractivity (Wildman–Crippen MR) is 86.5 cm³/mol. The molecule has 25 heavy (non-hydrogen) atoms. The Morgan fingerprint density at radius 1 is 1.20 bits per heavy atom. The average molecular weight is 352 g/mol. The molecule has 0 heterocycles. The highest BCUT2D eigenvalue weighted by Crippen LogP contribution is 2.14. The summed E-state index contributed by atoms with van der Waals surface area (Å²) in [4.78, 5) is 45.6. The van der Waals surface area contributed by atoms with E-state index >= 15 is 0 Å². The van der Waals surface area contributed by atoms with Gasteiger partial charge in [-0.05, 0) is 12.0 Å². The van der Waals surface area contributed by atoms with Gasteiger partial charge in [-0.1, -0.05) is 19.1 Å². The molecule has 9 heteroatoms. The van der Waals surface area contributed by atoms with E-state index in [1.54, 1.807) is 13.0 Å². The minimum Gasteiger partial charge on any atom is -0.469 e. The molecule has 0 unspecified atom stereocenters. The molecule has 0 saturated carbocycles. The van der Waals surface area contributed by atoms with E-state index in [1.165, 1.54) is 32.4 Å². The smallest absolute Gasteiger partial charge is 0.328 e. The predicted octanol–water partition coefficient (Wildman–Crippen LogP) is 0.994. The number of esters is 2. The topological polar surface area (TPSA) is 125 Å². The van der Waals surface area contributed by atoms with Gasteiger partial charge in [0, 0.05) is 12.1 Å². The summed E-state index contributed by atoms with van der Waals surface area (Å²) in [6.45, 7) is 1.56. The SMILES string of the molecule is COC(=O)[C@@H](C)C[C@@H](NC(=O)Cc1cccc([N+](=O)[O-])c1)C(=O)OC. The Morgan fingerprint density at radius 3 is 2.40 bits per heavy atom. The Labute approximate surface area is 144 Å². The van der Waals surface area contributed by atoms with Gasteiger partial charge in [0.05, 0.1) is 31.5 Å². The Morgan fingerprint density at radius 2 is 1.84 bits per heavy atom. The first-order valence-electron chi connectivity index (χ1n) is 7.46. The number of carbonyl (C=O) groups excluding carboxylic acids is 3. The highest BCUT2D eigenvalue weighted by atomic mass is 16.6. The van der Waals surface area contributed by atoms with Crippen LogP contribution in [-0.4, -0.2) is 43.0 Å². The van der Waals surface area contributed by atoms with Crippen molar-refractivity contribution in [1.29, 1.82) is 0 Å². The third-order valence-electron chi connectivity index (χ3n) is 3.50. The highest BCUT2D eigenvalue weighted by molar-refractivity contribution is 5.86. The minimum absolute atomic E-state index is 0.0139. The van der Waals surface area contributed by atoms with E-state index in [1.807, 2.05) is 0 Å². The van der Waals surface area contributed by atoms with Crippen molar-refractivity contribution in [3.63, 3.8) is 0 Å². The van der Waals surface area contributed by atoms with E-state index in [4.69, 9.17) is 0 Å². The highest BCUT2D eigenvalue weighted by Gasteiger charge is 2.27. The molecule has 1 aromatic carbocycles. The fourth-order valence-corrected chi connectivity index (χ4v) is 2.22. The number of non-ortho nitro benzene ring substituents is 1. The number of carbonyl (C=O) groups is 3. The summed E-state index contributed by atoms with van der Waals surface area (Å²) in [5.41, 5.74) is 0.297. The fourth-order valence-electron chi connectivity index (χ4n) is 2.22. The van der Waals surface area contributed by atoms with Gasteiger partial charge in [-0.2, -0.15) is 0 Å². The van der Waals surface area contributed by atoms with Crippen LogP contribution in [0.15, 0.2) is 24.3 Å². The van der Waals surface area contributed by atoms with E-state index in [-0.39, 0.29) is 18.5 Å². The molecule has 2 atom stereocenters. The number of benzene rings is 1. The standard InChI is InChI=1S/C16H20N2O7/c1-10(15(20)24-2)7-13(16(21)25-3)17-14(19)9-11-5-4-6-12(8-11)18(22)23/h4-6,8,10,13H,7,9H2,1-3H3,(H,17,19)/t10-,13+/m0/s1. The molecule has 0 bridgehead atoms. The number of hydrogen-bond acceptors (Lipinski definition) is 7. The lowest BCUT2D eigenvalue weighted by atomic mass is 10.0. The number of hydrogen-bond donors (Lipinski definition) is 1. The van der Waals surface area contributed by atoms with Crippen LogP contribution >= 0.6 is 0 Å². The molecule has 0 aromatic heterocycles. The van der Waals surface area contributed by atoms with Crippen molar-refractivity contribution in [3.8, 4) is 0 Å². The lowest BCUT2D eigenvalue weighted by Gasteiger charge is -2.19. The normalized spacial score (nSPS) is 12.6. The summed E-state index contributed by atoms with van der Waals surface area (Å²) in [7, 11) is 2.40. The van der Waals surface area contributed by atoms with Crippen LogP contribution in [0.25, 0.3) is 0 Å². The van der Waals surface area contributed by atoms with Crippen molar-refractivity contribution in [3.05, 3.63) is 39.9 Å². The van der Waals surface area contributed by atoms with Gasteiger partial charge in [0.25, 0.3) is 5.69 Å². The summed E-state index contributed by atoms with van der Waals surface area (Å²) >= 11 is 0. The van der Waals surface area contributed by atoms with E-state index < -0.39 is 34.7 Å². The second-order valence-electron chi connectivity index (χ2n) is 5.41. The molecule has 0 aliphatic rings. The van der Waals surface area contributed by atoms with Gasteiger partial charge in [0.15, 0.2) is 0 Å². The quantitative estimate of drug-likeness (QED) is 0.420. The number of nitro groups is 1. The maximum atomic E-state index is 12.1. The first-order chi connectivity index (χ1) is 11.8. The number of rotatable bonds is 8. The van der Waals surface area contributed by atoms with Gasteiger partial charge in [0.2, 0.25) is 5.91 Å². The first-order valence-corrected chi connectivity index (χ1v) is 7.46. The molecule has 136 valence electrons. The van der Waals surface area contributed by atoms with Crippen LogP contribution in [0, 0.1) is 16.0 Å². The van der Waals surface area contributed by atoms with Crippen molar-refractivity contribution in [2.24, 2.45) is 5.92 Å². The van der Waals surface area contributed by atoms with Crippen molar-refractivity contribution in [1.82, 2.24) is 5.32 Å². The molecule has 0 spiro atoms. The van der Waals surface area contributed by atoms with Gasteiger partial charge in [-0.25, -0.2) is 4.79 Å². The molecule has 0 aliphatic carbocycles. The van der Waals surface area contributed by atoms with Crippen LogP contribution in [0.2, 0.25) is 0 Å². The van der Waals surface area contributed by atoms with Gasteiger partial charge in [-0.3, -0.25) is 19.7 Å². The second-order valence-corrected chi connectivity index (χ2v) is 5.41. The zero-order valence-electron chi connectivity index (χ0n) is 14.2. The minimum atomic E-state index is -1.02. The Hall–Kier alpha value is -2.97. The third kappa shape index (κ3) is 6.21. The molecule has 1 N–H and O–H groups in total. The van der Waals surface area contributed by atoms with Crippen LogP contribution < -0.4 is 5.32 Å². The van der Waals surface area contributed by atoms with Gasteiger partial charge >= 0.3 is 11.9 Å². The molecule has 9 nitrogen and oxygen atoms in total. The molecule has 0 aliphatic heterocycles. The van der Waals surface area contributed by atoms with Crippen molar-refractivity contribution < 1.29 is 28.8 Å². The summed E-state index contributed by atoms with van der Waals surface area (Å²) in [6, 6.07) is 4.61. The zero-order valence-corrected chi connectivity index (χ0v) is 14.2. The van der Waals surface area contributed by atoms with E-state index in [2.05, 4.69) is 14.8 Å². The number of nitro benzene ring substituents is 1. The maximum Gasteiger partial charge on any atom is 0.328 e. The van der Waals surface area contributed by atoms with Crippen LogP contribution in [0.5, 0.6) is 0 Å². The van der Waals surface area contributed by atoms with Gasteiger partial charge < -0.3 is 14.8 Å². The van der Waals surface area contributed by atoms with Gasteiger partial charge in [0.1, 0.15) is 6.04 Å². The number of ether oxygens (including phenoxy) is 2. The first kappa shape index (κ1) is 20.1. The Kier molecular flexibility index (Phi) is 7.51. The number of nitrogens with zero attached hydrogens (tertiary/aromatic N) is 1. The Balaban J connectivity index is 2.78. The number of methoxy groups -OCH3 is 2. The summed E-state index contributed by atoms with van der Waals surface area (Å²) in [5, 5.41) is 13.2. The van der Waals surface area contributed by atoms with Crippen LogP contribution in [0.3, 0.4) is 0 Å². The summed E-state index contributed by atoms with van der Waals surface area (Å²) in [5.74, 6) is -2.34. The van der Waals surface area contributed by atoms with E-state index in [9.17, 15) is 24.5 Å². The lowest BCUT2D eigenvalue weighted by Crippen LogP contribution is -2.44. The summed E-state index contributed by atoms with van der Waals surface area (Å²) < 4.78 is 9.23. The Bertz CT molecular complexity index is 660. The van der Waals surface area contributed by atoms with Crippen molar-refractivity contribution in [2.75, 3.05) is 14.2 Å². The third-order valence-corrected chi connectivity index (χ3v) is 3.50. The largest absolute Gasteiger partial charge is 0.469 e. The number of amides is 1. The van der Waals surface area contributed by atoms with Crippen LogP contribution in [0.1, 0.15) is 18.9 Å². The molecule has 1 aromatic rings. The van der Waals surface area contributed by atoms with Crippen LogP contribution in [-0.2, 0) is 30.3 Å². The molecular formula is C16H20N2O7. The second kappa shape index (κ2) is 9.36. The molecule has 0 radical (unpaired) electrons. The van der Waals surface area contributed by atoms with E-state index in [0.717, 1.165) is 0 Å². The average Bonchev–Trinajstić information content (AvgIpc) is 2.59. The lowest BCUT2D eigenvalue weighted by molar-refractivity contribution is -0.384. The summed E-state index contributed by atoms with van der Waals surface area (Å²) in [6.07, 6.45) is -0.137. The maximum absolute atomic E-state index is 12.1.